The van der Waals surface area contributed by atoms with E-state index >= 15 is 0 Å². The lowest BCUT2D eigenvalue weighted by atomic mass is 10.0. The van der Waals surface area contributed by atoms with Gasteiger partial charge in [0.1, 0.15) is 5.75 Å². The minimum Gasteiger partial charge on any atom is -0.493 e. The lowest BCUT2D eigenvalue weighted by Gasteiger charge is -2.22. The zero-order valence-corrected chi connectivity index (χ0v) is 11.1. The van der Waals surface area contributed by atoms with Crippen molar-refractivity contribution in [3.8, 4) is 17.6 Å². The molecule has 1 saturated heterocycles. The van der Waals surface area contributed by atoms with E-state index in [1.54, 1.807) is 0 Å². The van der Waals surface area contributed by atoms with Crippen LogP contribution in [0.5, 0.6) is 5.75 Å². The number of alkyl halides is 1. The molecule has 96 valence electrons. The molecule has 0 N–H and O–H groups in total. The third kappa shape index (κ3) is 4.25. The Morgan fingerprint density at radius 2 is 2.17 bits per heavy atom. The smallest absolute Gasteiger partial charge is 0.120 e. The summed E-state index contributed by atoms with van der Waals surface area (Å²) in [6.07, 6.45) is 2.18. The van der Waals surface area contributed by atoms with Gasteiger partial charge in [-0.25, -0.2) is 0 Å². The molecule has 2 rings (SSSR count). The molecule has 1 fully saturated rings. The fourth-order valence-electron chi connectivity index (χ4n) is 1.93. The van der Waals surface area contributed by atoms with Gasteiger partial charge in [-0.3, -0.25) is 0 Å². The van der Waals surface area contributed by atoms with Crippen molar-refractivity contribution in [3.05, 3.63) is 29.8 Å². The topological polar surface area (TPSA) is 18.5 Å². The van der Waals surface area contributed by atoms with E-state index in [-0.39, 0.29) is 0 Å². The summed E-state index contributed by atoms with van der Waals surface area (Å²) < 4.78 is 11.1. The maximum atomic E-state index is 5.81. The summed E-state index contributed by atoms with van der Waals surface area (Å²) in [5, 5.41) is 0. The highest BCUT2D eigenvalue weighted by molar-refractivity contribution is 6.19. The number of halogens is 1. The Morgan fingerprint density at radius 1 is 1.33 bits per heavy atom. The summed E-state index contributed by atoms with van der Waals surface area (Å²) >= 11 is 5.54. The predicted molar refractivity (Wildman–Crippen MR) is 73.1 cm³/mol. The summed E-state index contributed by atoms with van der Waals surface area (Å²) in [6.45, 7) is 2.47. The lowest BCUT2D eigenvalue weighted by molar-refractivity contribution is 0.0497. The molecule has 1 aliphatic rings. The van der Waals surface area contributed by atoms with Crippen molar-refractivity contribution in [2.75, 3.05) is 25.7 Å². The molecule has 1 aromatic rings. The lowest BCUT2D eigenvalue weighted by Crippen LogP contribution is -2.21. The summed E-state index contributed by atoms with van der Waals surface area (Å²) in [6, 6.07) is 7.84. The standard InChI is InChI=1S/C15H17ClO2/c16-8-2-4-13-3-1-5-15(11-13)18-12-14-6-9-17-10-7-14/h1,3,5,11,14H,6-10,12H2. The van der Waals surface area contributed by atoms with Crippen LogP contribution in [0.25, 0.3) is 0 Å². The van der Waals surface area contributed by atoms with Gasteiger partial charge in [0.2, 0.25) is 0 Å². The number of hydrogen-bond acceptors (Lipinski definition) is 2. The largest absolute Gasteiger partial charge is 0.493 e. The van der Waals surface area contributed by atoms with E-state index in [4.69, 9.17) is 21.1 Å². The van der Waals surface area contributed by atoms with Gasteiger partial charge in [0.15, 0.2) is 0 Å². The van der Waals surface area contributed by atoms with Gasteiger partial charge in [-0.05, 0) is 37.0 Å². The highest BCUT2D eigenvalue weighted by atomic mass is 35.5. The minimum atomic E-state index is 0.354. The maximum absolute atomic E-state index is 5.81. The number of hydrogen-bond donors (Lipinski definition) is 0. The Hall–Kier alpha value is -1.17. The highest BCUT2D eigenvalue weighted by Crippen LogP contribution is 2.18. The van der Waals surface area contributed by atoms with Crippen molar-refractivity contribution >= 4 is 11.6 Å². The van der Waals surface area contributed by atoms with Gasteiger partial charge in [0.25, 0.3) is 0 Å². The second kappa shape index (κ2) is 7.31. The van der Waals surface area contributed by atoms with Gasteiger partial charge in [-0.15, -0.1) is 11.6 Å². The molecule has 0 radical (unpaired) electrons. The normalized spacial score (nSPS) is 15.8. The Balaban J connectivity index is 1.88. The fourth-order valence-corrected chi connectivity index (χ4v) is 1.99. The van der Waals surface area contributed by atoms with E-state index in [9.17, 15) is 0 Å². The minimum absolute atomic E-state index is 0.354. The van der Waals surface area contributed by atoms with Crippen LogP contribution in [0.1, 0.15) is 18.4 Å². The molecule has 0 unspecified atom stereocenters. The molecule has 1 heterocycles. The van der Waals surface area contributed by atoms with Crippen LogP contribution in [-0.4, -0.2) is 25.7 Å². The van der Waals surface area contributed by atoms with Gasteiger partial charge in [-0.1, -0.05) is 17.9 Å². The van der Waals surface area contributed by atoms with Crippen LogP contribution in [0.3, 0.4) is 0 Å². The molecule has 18 heavy (non-hydrogen) atoms. The average Bonchev–Trinajstić information content (AvgIpc) is 2.44. The number of rotatable bonds is 3. The van der Waals surface area contributed by atoms with E-state index in [0.29, 0.717) is 11.8 Å². The van der Waals surface area contributed by atoms with Crippen LogP contribution in [0.4, 0.5) is 0 Å². The molecule has 0 aromatic heterocycles. The molecule has 0 aliphatic carbocycles. The van der Waals surface area contributed by atoms with Crippen molar-refractivity contribution < 1.29 is 9.47 Å². The van der Waals surface area contributed by atoms with Crippen molar-refractivity contribution in [3.63, 3.8) is 0 Å². The molecule has 0 atom stereocenters. The molecule has 0 spiro atoms. The third-order valence-electron chi connectivity index (χ3n) is 2.96. The average molecular weight is 265 g/mol. The van der Waals surface area contributed by atoms with Gasteiger partial charge in [0, 0.05) is 18.8 Å². The van der Waals surface area contributed by atoms with Gasteiger partial charge in [0.05, 0.1) is 12.5 Å². The molecule has 0 saturated carbocycles. The summed E-state index contributed by atoms with van der Waals surface area (Å²) in [4.78, 5) is 0. The van der Waals surface area contributed by atoms with Gasteiger partial charge < -0.3 is 9.47 Å². The van der Waals surface area contributed by atoms with Crippen LogP contribution < -0.4 is 4.74 Å². The predicted octanol–water partition coefficient (Wildman–Crippen LogP) is 3.08. The van der Waals surface area contributed by atoms with Crippen LogP contribution in [0, 0.1) is 17.8 Å². The maximum Gasteiger partial charge on any atom is 0.120 e. The molecule has 3 heteroatoms. The monoisotopic (exact) mass is 264 g/mol. The van der Waals surface area contributed by atoms with Crippen LogP contribution in [0.15, 0.2) is 24.3 Å². The third-order valence-corrected chi connectivity index (χ3v) is 3.09. The molecule has 0 amide bonds. The van der Waals surface area contributed by atoms with Crippen molar-refractivity contribution in [1.82, 2.24) is 0 Å². The van der Waals surface area contributed by atoms with Crippen LogP contribution >= 0.6 is 11.6 Å². The summed E-state index contributed by atoms with van der Waals surface area (Å²) in [5.74, 6) is 7.67. The second-order valence-corrected chi connectivity index (χ2v) is 4.60. The first-order valence-corrected chi connectivity index (χ1v) is 6.77. The number of ether oxygens (including phenoxy) is 2. The Kier molecular flexibility index (Phi) is 5.38. The Bertz CT molecular complexity index is 428. The molecular weight excluding hydrogens is 248 g/mol. The van der Waals surface area contributed by atoms with Gasteiger partial charge >= 0.3 is 0 Å². The van der Waals surface area contributed by atoms with E-state index in [1.807, 2.05) is 24.3 Å². The van der Waals surface area contributed by atoms with Crippen molar-refractivity contribution in [2.45, 2.75) is 12.8 Å². The second-order valence-electron chi connectivity index (χ2n) is 4.33. The van der Waals surface area contributed by atoms with E-state index in [2.05, 4.69) is 11.8 Å². The fraction of sp³-hybridized carbons (Fsp3) is 0.467. The first-order chi connectivity index (χ1) is 8.88. The Labute approximate surface area is 113 Å². The summed E-state index contributed by atoms with van der Waals surface area (Å²) in [5.41, 5.74) is 0.945. The van der Waals surface area contributed by atoms with Crippen LogP contribution in [-0.2, 0) is 4.74 Å². The molecule has 1 aromatic carbocycles. The molecule has 2 nitrogen and oxygen atoms in total. The Morgan fingerprint density at radius 3 is 2.94 bits per heavy atom. The quantitative estimate of drug-likeness (QED) is 0.617. The molecular formula is C15H17ClO2. The van der Waals surface area contributed by atoms with E-state index < -0.39 is 0 Å². The number of benzene rings is 1. The van der Waals surface area contributed by atoms with Crippen LogP contribution in [0.2, 0.25) is 0 Å². The zero-order valence-electron chi connectivity index (χ0n) is 10.3. The van der Waals surface area contributed by atoms with E-state index in [0.717, 1.165) is 44.0 Å². The highest BCUT2D eigenvalue weighted by Gasteiger charge is 2.14. The SMILES string of the molecule is ClCC#Cc1cccc(OCC2CCOCC2)c1. The molecule has 0 bridgehead atoms. The first kappa shape index (κ1) is 13.3. The van der Waals surface area contributed by atoms with E-state index in [1.165, 1.54) is 0 Å². The van der Waals surface area contributed by atoms with Crippen molar-refractivity contribution in [1.29, 1.82) is 0 Å². The van der Waals surface area contributed by atoms with Crippen molar-refractivity contribution in [2.24, 2.45) is 5.92 Å². The molecule has 1 aliphatic heterocycles. The first-order valence-electron chi connectivity index (χ1n) is 6.24. The zero-order chi connectivity index (χ0) is 12.6. The van der Waals surface area contributed by atoms with Gasteiger partial charge in [-0.2, -0.15) is 0 Å². The summed E-state index contributed by atoms with van der Waals surface area (Å²) in [7, 11) is 0.